The lowest BCUT2D eigenvalue weighted by Crippen LogP contribution is -2.65. The first-order chi connectivity index (χ1) is 17.5. The lowest BCUT2D eigenvalue weighted by molar-refractivity contribution is -0.199. The van der Waals surface area contributed by atoms with Gasteiger partial charge in [-0.05, 0) is 74.0 Å². The summed E-state index contributed by atoms with van der Waals surface area (Å²) in [6.07, 6.45) is 2.24. The fourth-order valence-corrected chi connectivity index (χ4v) is 6.89. The van der Waals surface area contributed by atoms with Crippen molar-refractivity contribution in [3.8, 4) is 0 Å². The average Bonchev–Trinajstić information content (AvgIpc) is 3.21. The highest BCUT2D eigenvalue weighted by Crippen LogP contribution is 2.65. The first-order valence-electron chi connectivity index (χ1n) is 13.2. The fourth-order valence-electron chi connectivity index (χ4n) is 6.89. The highest BCUT2D eigenvalue weighted by Gasteiger charge is 2.68. The van der Waals surface area contributed by atoms with Gasteiger partial charge in [0.15, 0.2) is 5.83 Å². The molecule has 5 aliphatic rings. The van der Waals surface area contributed by atoms with Gasteiger partial charge in [0.25, 0.3) is 5.91 Å². The topological polar surface area (TPSA) is 77.1 Å². The van der Waals surface area contributed by atoms with Crippen LogP contribution in [-0.4, -0.2) is 60.9 Å². The monoisotopic (exact) mass is 516 g/mol. The molecule has 2 amide bonds. The van der Waals surface area contributed by atoms with Crippen molar-refractivity contribution in [1.82, 2.24) is 10.2 Å². The van der Waals surface area contributed by atoms with Crippen LogP contribution >= 0.6 is 0 Å². The molecule has 5 fully saturated rings. The summed E-state index contributed by atoms with van der Waals surface area (Å²) in [6, 6.07) is 6.11. The molecule has 0 spiro atoms. The van der Waals surface area contributed by atoms with Crippen molar-refractivity contribution >= 4 is 19.1 Å². The highest BCUT2D eigenvalue weighted by atomic mass is 19.1. The Kier molecular flexibility index (Phi) is 6.85. The molecule has 7 nitrogen and oxygen atoms in total. The highest BCUT2D eigenvalue weighted by molar-refractivity contribution is 6.47. The maximum Gasteiger partial charge on any atom is 0.482 e. The molecule has 1 N–H and O–H groups in total. The minimum Gasteiger partial charge on any atom is -0.444 e. The summed E-state index contributed by atoms with van der Waals surface area (Å²) in [7, 11) is -0.693. The van der Waals surface area contributed by atoms with Crippen LogP contribution in [0.15, 0.2) is 36.7 Å². The van der Waals surface area contributed by atoms with Gasteiger partial charge in [0, 0.05) is 6.54 Å². The first-order valence-corrected chi connectivity index (χ1v) is 13.2. The first kappa shape index (κ1) is 26.2. The van der Waals surface area contributed by atoms with E-state index in [1.54, 1.807) is 12.1 Å². The van der Waals surface area contributed by atoms with E-state index < -0.39 is 42.6 Å². The number of carbonyl (C=O) groups is 2. The number of likely N-dealkylation sites (tertiary alicyclic amines) is 1. The molecule has 37 heavy (non-hydrogen) atoms. The van der Waals surface area contributed by atoms with Gasteiger partial charge in [0.05, 0.1) is 24.2 Å². The Balaban J connectivity index is 1.28. The van der Waals surface area contributed by atoms with Crippen LogP contribution in [0.25, 0.3) is 0 Å². The maximum atomic E-state index is 13.5. The zero-order valence-corrected chi connectivity index (χ0v) is 21.7. The van der Waals surface area contributed by atoms with Crippen molar-refractivity contribution in [3.63, 3.8) is 0 Å². The molecule has 2 aliphatic heterocycles. The lowest BCUT2D eigenvalue weighted by atomic mass is 9.43. The van der Waals surface area contributed by atoms with E-state index in [1.165, 1.54) is 17.0 Å². The zero-order valence-electron chi connectivity index (χ0n) is 21.7. The summed E-state index contributed by atoms with van der Waals surface area (Å²) >= 11 is 0. The molecule has 3 saturated carbocycles. The number of hydrogen-bond acceptors (Lipinski definition) is 5. The fraction of sp³-hybridized carbons (Fsp3) is 0.630. The Morgan fingerprint density at radius 3 is 2.68 bits per heavy atom. The molecular weight excluding hydrogens is 481 g/mol. The lowest BCUT2D eigenvalue weighted by Gasteiger charge is -2.64. The molecule has 200 valence electrons. The number of halogens is 2. The van der Waals surface area contributed by atoms with E-state index in [-0.39, 0.29) is 23.9 Å². The van der Waals surface area contributed by atoms with Crippen molar-refractivity contribution in [1.29, 1.82) is 0 Å². The van der Waals surface area contributed by atoms with Crippen LogP contribution in [0, 0.1) is 23.1 Å². The molecule has 10 heteroatoms. The van der Waals surface area contributed by atoms with Gasteiger partial charge in [-0.2, -0.15) is 0 Å². The third-order valence-corrected chi connectivity index (χ3v) is 9.14. The average molecular weight is 516 g/mol. The van der Waals surface area contributed by atoms with Crippen LogP contribution in [0.2, 0.25) is 0 Å². The van der Waals surface area contributed by atoms with Crippen molar-refractivity contribution in [2.75, 3.05) is 13.1 Å². The minimum absolute atomic E-state index is 0.0606. The Bertz CT molecular complexity index is 1070. The molecule has 1 aromatic rings. The Labute approximate surface area is 217 Å². The number of alkyl carbamates (subject to hydrolysis) is 1. The van der Waals surface area contributed by atoms with Crippen molar-refractivity contribution in [2.45, 2.75) is 76.6 Å². The van der Waals surface area contributed by atoms with Gasteiger partial charge in [-0.25, -0.2) is 13.6 Å². The van der Waals surface area contributed by atoms with Crippen molar-refractivity contribution in [2.24, 2.45) is 17.3 Å². The number of rotatable bonds is 6. The van der Waals surface area contributed by atoms with E-state index in [1.807, 2.05) is 0 Å². The third-order valence-electron chi connectivity index (χ3n) is 9.14. The molecule has 2 saturated heterocycles. The molecule has 2 heterocycles. The number of carbonyl (C=O) groups excluding carboxylic acids is 2. The second-order valence-electron chi connectivity index (χ2n) is 11.7. The molecular formula is C27H35BF2N2O5. The number of nitrogens with zero attached hydrogens (tertiary/aromatic N) is 1. The number of piperidine rings is 1. The standard InChI is InChI=1S/C27H35BF2N2O5/c1-16(29)24(33)32-11-5-6-20(15-32)35-25(34)31-23(12-17-7-9-19(30)10-8-17)28-36-22-14-18-13-21(26(18,2)3)27(22,4)37-28/h7-10,18,20-23H,1,5-6,11-15H2,2-4H3,(H,31,34)/t18-,20-,21-,22?,23-,27-/m0/s1. The van der Waals surface area contributed by atoms with Crippen LogP contribution in [0.3, 0.4) is 0 Å². The number of amides is 2. The maximum absolute atomic E-state index is 13.5. The minimum atomic E-state index is -1.03. The molecule has 6 atom stereocenters. The summed E-state index contributed by atoms with van der Waals surface area (Å²) in [6.45, 7) is 10.2. The van der Waals surface area contributed by atoms with Gasteiger partial charge in [0.1, 0.15) is 11.9 Å². The predicted octanol–water partition coefficient (Wildman–Crippen LogP) is 4.20. The van der Waals surface area contributed by atoms with Gasteiger partial charge in [-0.3, -0.25) is 4.79 Å². The third kappa shape index (κ3) is 4.90. The van der Waals surface area contributed by atoms with E-state index in [0.29, 0.717) is 37.6 Å². The summed E-state index contributed by atoms with van der Waals surface area (Å²) < 4.78 is 45.5. The van der Waals surface area contributed by atoms with Crippen LogP contribution < -0.4 is 5.32 Å². The Morgan fingerprint density at radius 2 is 2.00 bits per heavy atom. The number of nitrogens with one attached hydrogen (secondary N) is 1. The van der Waals surface area contributed by atoms with E-state index in [4.69, 9.17) is 14.0 Å². The van der Waals surface area contributed by atoms with Gasteiger partial charge in [-0.15, -0.1) is 0 Å². The van der Waals surface area contributed by atoms with E-state index in [2.05, 4.69) is 32.7 Å². The summed E-state index contributed by atoms with van der Waals surface area (Å²) in [5.74, 6) is -1.78. The summed E-state index contributed by atoms with van der Waals surface area (Å²) in [5, 5.41) is 2.91. The van der Waals surface area contributed by atoms with Gasteiger partial charge < -0.3 is 24.3 Å². The second kappa shape index (κ2) is 9.69. The van der Waals surface area contributed by atoms with Gasteiger partial charge in [0.2, 0.25) is 0 Å². The van der Waals surface area contributed by atoms with Gasteiger partial charge >= 0.3 is 13.2 Å². The van der Waals surface area contributed by atoms with Crippen LogP contribution in [0.1, 0.15) is 52.0 Å². The van der Waals surface area contributed by atoms with Gasteiger partial charge in [-0.1, -0.05) is 32.6 Å². The molecule has 1 unspecified atom stereocenters. The van der Waals surface area contributed by atoms with E-state index in [0.717, 1.165) is 18.4 Å². The molecule has 0 aromatic heterocycles. The Hall–Kier alpha value is -2.46. The van der Waals surface area contributed by atoms with Crippen LogP contribution in [-0.2, 0) is 25.3 Å². The van der Waals surface area contributed by atoms with Crippen LogP contribution in [0.5, 0.6) is 0 Å². The van der Waals surface area contributed by atoms with Crippen molar-refractivity contribution < 1.29 is 32.4 Å². The summed E-state index contributed by atoms with van der Waals surface area (Å²) in [5.41, 5.74) is 0.547. The molecule has 2 bridgehead atoms. The number of ether oxygens (including phenoxy) is 1. The Morgan fingerprint density at radius 1 is 1.27 bits per heavy atom. The normalized spacial score (nSPS) is 32.7. The molecule has 0 radical (unpaired) electrons. The predicted molar refractivity (Wildman–Crippen MR) is 133 cm³/mol. The molecule has 3 aliphatic carbocycles. The zero-order chi connectivity index (χ0) is 26.5. The molecule has 1 aromatic carbocycles. The largest absolute Gasteiger partial charge is 0.482 e. The smallest absolute Gasteiger partial charge is 0.444 e. The second-order valence-corrected chi connectivity index (χ2v) is 11.7. The number of hydrogen-bond donors (Lipinski definition) is 1. The number of benzene rings is 1. The summed E-state index contributed by atoms with van der Waals surface area (Å²) in [4.78, 5) is 26.3. The quantitative estimate of drug-likeness (QED) is 0.453. The van der Waals surface area contributed by atoms with Crippen molar-refractivity contribution in [3.05, 3.63) is 48.1 Å². The molecule has 6 rings (SSSR count). The van der Waals surface area contributed by atoms with E-state index >= 15 is 0 Å². The van der Waals surface area contributed by atoms with E-state index in [9.17, 15) is 18.4 Å². The van der Waals surface area contributed by atoms with Crippen LogP contribution in [0.4, 0.5) is 13.6 Å². The SMILES string of the molecule is C=C(F)C(=O)N1CCC[C@H](OC(=O)N[C@@H](Cc2ccc(F)cc2)B2OC3C[C@@H]4C[C@@H](C4(C)C)[C@]3(C)O2)C1.